The molecular formula is C11H8ClNO5S. The Kier molecular flexibility index (Phi) is 3.59. The lowest BCUT2D eigenvalue weighted by atomic mass is 10.3. The summed E-state index contributed by atoms with van der Waals surface area (Å²) in [6, 6.07) is 6.41. The Morgan fingerprint density at radius 3 is 2.74 bits per heavy atom. The second-order valence-corrected chi connectivity index (χ2v) is 5.94. The number of aliphatic carboxylic acids is 1. The molecular weight excluding hydrogens is 294 g/mol. The van der Waals surface area contributed by atoms with E-state index < -0.39 is 20.9 Å². The van der Waals surface area contributed by atoms with Crippen LogP contribution < -0.4 is 4.74 Å². The van der Waals surface area contributed by atoms with Gasteiger partial charge in [-0.25, -0.2) is 18.2 Å². The van der Waals surface area contributed by atoms with Crippen LogP contribution in [0.3, 0.4) is 0 Å². The Morgan fingerprint density at radius 1 is 1.42 bits per heavy atom. The maximum Gasteiger partial charge on any atom is 0.366 e. The first-order valence-corrected chi connectivity index (χ1v) is 6.91. The molecule has 0 saturated heterocycles. The number of carbonyl (C=O) groups is 1. The van der Waals surface area contributed by atoms with E-state index in [-0.39, 0.29) is 11.5 Å². The summed E-state index contributed by atoms with van der Waals surface area (Å²) >= 11 is 5.75. The fourth-order valence-corrected chi connectivity index (χ4v) is 2.65. The molecule has 1 aliphatic heterocycles. The zero-order chi connectivity index (χ0) is 14.0. The van der Waals surface area contributed by atoms with Gasteiger partial charge in [0.05, 0.1) is 0 Å². The number of sulfone groups is 1. The summed E-state index contributed by atoms with van der Waals surface area (Å²) in [5.41, 5.74) is 0. The van der Waals surface area contributed by atoms with Gasteiger partial charge in [-0.1, -0.05) is 17.7 Å². The lowest BCUT2D eigenvalue weighted by Crippen LogP contribution is -2.24. The largest absolute Gasteiger partial charge is 0.488 e. The molecule has 0 aromatic heterocycles. The van der Waals surface area contributed by atoms with Gasteiger partial charge in [-0.15, -0.1) is 0 Å². The van der Waals surface area contributed by atoms with Crippen molar-refractivity contribution in [2.75, 3.05) is 6.61 Å². The maximum absolute atomic E-state index is 11.7. The number of halogens is 1. The Bertz CT molecular complexity index is 693. The van der Waals surface area contributed by atoms with Crippen LogP contribution in [0, 0.1) is 0 Å². The van der Waals surface area contributed by atoms with Crippen LogP contribution in [0.15, 0.2) is 40.4 Å². The van der Waals surface area contributed by atoms with Gasteiger partial charge in [-0.3, -0.25) is 0 Å². The lowest BCUT2D eigenvalue weighted by molar-refractivity contribution is -0.129. The second kappa shape index (κ2) is 5.02. The average molecular weight is 302 g/mol. The predicted molar refractivity (Wildman–Crippen MR) is 69.0 cm³/mol. The third-order valence-electron chi connectivity index (χ3n) is 2.29. The molecule has 1 heterocycles. The third kappa shape index (κ3) is 2.77. The average Bonchev–Trinajstić information content (AvgIpc) is 2.62. The van der Waals surface area contributed by atoms with Crippen molar-refractivity contribution in [2.45, 2.75) is 0 Å². The van der Waals surface area contributed by atoms with Gasteiger partial charge in [-0.05, 0) is 18.2 Å². The second-order valence-electron chi connectivity index (χ2n) is 3.58. The normalized spacial score (nSPS) is 16.7. The van der Waals surface area contributed by atoms with Gasteiger partial charge in [0.25, 0.3) is 0 Å². The number of hydrogen-bond acceptors (Lipinski definition) is 5. The topological polar surface area (TPSA) is 93.0 Å². The summed E-state index contributed by atoms with van der Waals surface area (Å²) in [5, 5.41) is 8.24. The highest BCUT2D eigenvalue weighted by molar-refractivity contribution is 8.11. The molecule has 0 atom stereocenters. The van der Waals surface area contributed by atoms with Crippen molar-refractivity contribution in [1.82, 2.24) is 0 Å². The molecule has 19 heavy (non-hydrogen) atoms. The van der Waals surface area contributed by atoms with E-state index >= 15 is 0 Å². The maximum atomic E-state index is 11.7. The third-order valence-corrected chi connectivity index (χ3v) is 4.22. The van der Waals surface area contributed by atoms with E-state index in [4.69, 9.17) is 21.4 Å². The quantitative estimate of drug-likeness (QED) is 0.909. The highest BCUT2D eigenvalue weighted by atomic mass is 35.5. The summed E-state index contributed by atoms with van der Waals surface area (Å²) < 4.78 is 28.7. The predicted octanol–water partition coefficient (Wildman–Crippen LogP) is 1.47. The van der Waals surface area contributed by atoms with Crippen LogP contribution >= 0.6 is 11.6 Å². The van der Waals surface area contributed by atoms with Crippen molar-refractivity contribution in [2.24, 2.45) is 4.99 Å². The van der Waals surface area contributed by atoms with Crippen molar-refractivity contribution in [3.05, 3.63) is 40.4 Å². The molecule has 0 aliphatic carbocycles. The summed E-state index contributed by atoms with van der Waals surface area (Å²) in [7, 11) is -4.05. The van der Waals surface area contributed by atoms with E-state index in [1.807, 2.05) is 0 Å². The lowest BCUT2D eigenvalue weighted by Gasteiger charge is -2.07. The monoisotopic (exact) mass is 301 g/mol. The number of carboxylic acid groups (broad SMARTS) is 1. The van der Waals surface area contributed by atoms with Crippen molar-refractivity contribution < 1.29 is 23.1 Å². The molecule has 0 fully saturated rings. The van der Waals surface area contributed by atoms with Crippen LogP contribution in [0.5, 0.6) is 5.75 Å². The first-order valence-electron chi connectivity index (χ1n) is 5.05. The number of aliphatic imine (C=N–C) groups is 1. The van der Waals surface area contributed by atoms with Crippen molar-refractivity contribution in [1.29, 1.82) is 0 Å². The van der Waals surface area contributed by atoms with E-state index in [9.17, 15) is 13.2 Å². The SMILES string of the molecule is O=C(O)C1=NC=C(COc2cccc(Cl)c2)S1(=O)=O. The molecule has 0 spiro atoms. The zero-order valence-corrected chi connectivity index (χ0v) is 11.0. The molecule has 0 saturated carbocycles. The van der Waals surface area contributed by atoms with E-state index in [1.54, 1.807) is 18.2 Å². The molecule has 0 bridgehead atoms. The van der Waals surface area contributed by atoms with E-state index in [1.165, 1.54) is 6.07 Å². The number of rotatable bonds is 4. The molecule has 1 aliphatic rings. The first-order chi connectivity index (χ1) is 8.91. The molecule has 1 aromatic carbocycles. The molecule has 1 N–H and O–H groups in total. The molecule has 2 rings (SSSR count). The number of carboxylic acids is 1. The molecule has 0 amide bonds. The van der Waals surface area contributed by atoms with Crippen LogP contribution in [-0.4, -0.2) is 31.1 Å². The van der Waals surface area contributed by atoms with Crippen LogP contribution in [0.4, 0.5) is 0 Å². The zero-order valence-electron chi connectivity index (χ0n) is 9.41. The summed E-state index contributed by atoms with van der Waals surface area (Å²) in [5.74, 6) is -1.21. The van der Waals surface area contributed by atoms with Crippen molar-refractivity contribution in [3.63, 3.8) is 0 Å². The fraction of sp³-hybridized carbons (Fsp3) is 0.0909. The summed E-state index contributed by atoms with van der Waals surface area (Å²) in [6.07, 6.45) is 0.976. The van der Waals surface area contributed by atoms with Crippen LogP contribution in [0.25, 0.3) is 0 Å². The van der Waals surface area contributed by atoms with Crippen LogP contribution in [0.2, 0.25) is 5.02 Å². The van der Waals surface area contributed by atoms with Gasteiger partial charge in [0.15, 0.2) is 0 Å². The Morgan fingerprint density at radius 2 is 2.16 bits per heavy atom. The number of benzene rings is 1. The fourth-order valence-electron chi connectivity index (χ4n) is 1.39. The van der Waals surface area contributed by atoms with Crippen molar-refractivity contribution >= 4 is 32.5 Å². The molecule has 8 heteroatoms. The number of nitrogens with zero attached hydrogens (tertiary/aromatic N) is 1. The number of hydrogen-bond donors (Lipinski definition) is 1. The van der Waals surface area contributed by atoms with Gasteiger partial charge in [0.2, 0.25) is 14.9 Å². The van der Waals surface area contributed by atoms with Gasteiger partial charge in [0, 0.05) is 11.2 Å². The van der Waals surface area contributed by atoms with Gasteiger partial charge in [0.1, 0.15) is 17.3 Å². The summed E-state index contributed by atoms with van der Waals surface area (Å²) in [4.78, 5) is 13.8. The van der Waals surface area contributed by atoms with E-state index in [0.717, 1.165) is 6.20 Å². The number of ether oxygens (including phenoxy) is 1. The smallest absolute Gasteiger partial charge is 0.366 e. The highest BCUT2D eigenvalue weighted by Gasteiger charge is 2.35. The molecule has 100 valence electrons. The minimum Gasteiger partial charge on any atom is -0.488 e. The van der Waals surface area contributed by atoms with Crippen LogP contribution in [0.1, 0.15) is 0 Å². The Balaban J connectivity index is 2.09. The molecule has 6 nitrogen and oxygen atoms in total. The molecule has 0 radical (unpaired) electrons. The minimum atomic E-state index is -4.05. The Hall–Kier alpha value is -1.86. The van der Waals surface area contributed by atoms with Gasteiger partial charge >= 0.3 is 5.97 Å². The first kappa shape index (κ1) is 13.6. The van der Waals surface area contributed by atoms with Crippen molar-refractivity contribution in [3.8, 4) is 5.75 Å². The Labute approximate surface area is 113 Å². The van der Waals surface area contributed by atoms with Gasteiger partial charge in [-0.2, -0.15) is 0 Å². The van der Waals surface area contributed by atoms with Crippen LogP contribution in [-0.2, 0) is 14.6 Å². The highest BCUT2D eigenvalue weighted by Crippen LogP contribution is 2.21. The van der Waals surface area contributed by atoms with E-state index in [0.29, 0.717) is 10.8 Å². The molecule has 0 unspecified atom stereocenters. The van der Waals surface area contributed by atoms with Gasteiger partial charge < -0.3 is 9.84 Å². The standard InChI is InChI=1S/C11H8ClNO5S/c12-7-2-1-3-8(4-7)18-6-9-5-13-10(11(14)15)19(9,16)17/h1-5H,6H2,(H,14,15). The summed E-state index contributed by atoms with van der Waals surface area (Å²) in [6.45, 7) is -0.303. The minimum absolute atomic E-state index is 0.204. The van der Waals surface area contributed by atoms with E-state index in [2.05, 4.69) is 4.99 Å². The molecule has 1 aromatic rings.